The Balaban J connectivity index is 3.23. The third kappa shape index (κ3) is 3.02. The maximum Gasteiger partial charge on any atom is 0.416 e. The van der Waals surface area contributed by atoms with E-state index < -0.39 is 23.9 Å². The minimum atomic E-state index is -4.67. The first-order valence-electron chi connectivity index (χ1n) is 3.76. The summed E-state index contributed by atoms with van der Waals surface area (Å²) in [6.07, 6.45) is -7.72. The third-order valence-corrected chi connectivity index (χ3v) is 1.86. The molecule has 1 aromatic rings. The fraction of sp³-hybridized carbons (Fsp3) is 0.375. The van der Waals surface area contributed by atoms with Gasteiger partial charge in [0.1, 0.15) is 5.69 Å². The van der Waals surface area contributed by atoms with Crippen molar-refractivity contribution in [2.75, 3.05) is 0 Å². The Morgan fingerprint density at radius 2 is 1.87 bits per heavy atom. The molecule has 1 heterocycles. The average molecular weight is 246 g/mol. The summed E-state index contributed by atoms with van der Waals surface area (Å²) in [6, 6.07) is 0.972. The van der Waals surface area contributed by atoms with Gasteiger partial charge >= 0.3 is 6.18 Å². The lowest BCUT2D eigenvalue weighted by molar-refractivity contribution is -0.137. The van der Waals surface area contributed by atoms with Crippen molar-refractivity contribution in [2.45, 2.75) is 18.5 Å². The van der Waals surface area contributed by atoms with Crippen molar-refractivity contribution in [1.82, 2.24) is 4.98 Å². The smallest absolute Gasteiger partial charge is 0.251 e. The number of rotatable bonds is 2. The van der Waals surface area contributed by atoms with E-state index in [1.165, 1.54) is 0 Å². The monoisotopic (exact) mass is 245 g/mol. The number of aromatic nitrogens is 1. The Morgan fingerprint density at radius 3 is 2.27 bits per heavy atom. The van der Waals surface area contributed by atoms with E-state index in [-0.39, 0.29) is 11.6 Å². The minimum absolute atomic E-state index is 0.221. The van der Waals surface area contributed by atoms with E-state index in [2.05, 4.69) is 4.98 Å². The summed E-state index contributed by atoms with van der Waals surface area (Å²) >= 11 is 5.25. The third-order valence-electron chi connectivity index (χ3n) is 1.59. The molecule has 1 nitrogen and oxygen atoms in total. The molecular weight excluding hydrogens is 241 g/mol. The molecule has 0 radical (unpaired) electrons. The first-order chi connectivity index (χ1) is 6.84. The molecule has 0 N–H and O–H groups in total. The van der Waals surface area contributed by atoms with Gasteiger partial charge in [0.2, 0.25) is 0 Å². The van der Waals surface area contributed by atoms with E-state index in [1.54, 1.807) is 0 Å². The molecule has 15 heavy (non-hydrogen) atoms. The zero-order valence-corrected chi connectivity index (χ0v) is 7.91. The highest BCUT2D eigenvalue weighted by Crippen LogP contribution is 2.32. The molecule has 7 heteroatoms. The zero-order valence-electron chi connectivity index (χ0n) is 7.15. The van der Waals surface area contributed by atoms with Gasteiger partial charge in [0.25, 0.3) is 6.43 Å². The van der Waals surface area contributed by atoms with Gasteiger partial charge in [0.15, 0.2) is 0 Å². The Bertz CT molecular complexity index is 349. The minimum Gasteiger partial charge on any atom is -0.251 e. The highest BCUT2D eigenvalue weighted by atomic mass is 35.5. The Labute approximate surface area is 86.9 Å². The van der Waals surface area contributed by atoms with Crippen molar-refractivity contribution in [1.29, 1.82) is 0 Å². The van der Waals surface area contributed by atoms with Crippen LogP contribution in [0.4, 0.5) is 22.0 Å². The van der Waals surface area contributed by atoms with Crippen molar-refractivity contribution < 1.29 is 22.0 Å². The van der Waals surface area contributed by atoms with Gasteiger partial charge in [-0.1, -0.05) is 0 Å². The molecule has 0 amide bonds. The number of alkyl halides is 6. The fourth-order valence-corrected chi connectivity index (χ4v) is 1.09. The van der Waals surface area contributed by atoms with Gasteiger partial charge in [-0.25, -0.2) is 8.78 Å². The topological polar surface area (TPSA) is 12.9 Å². The molecule has 0 unspecified atom stereocenters. The molecule has 0 aromatic carbocycles. The van der Waals surface area contributed by atoms with Crippen molar-refractivity contribution in [3.05, 3.63) is 29.1 Å². The molecule has 0 spiro atoms. The Hall–Kier alpha value is -0.910. The van der Waals surface area contributed by atoms with Crippen molar-refractivity contribution in [2.24, 2.45) is 0 Å². The molecule has 0 saturated heterocycles. The molecule has 0 aliphatic carbocycles. The second kappa shape index (κ2) is 4.30. The second-order valence-electron chi connectivity index (χ2n) is 2.70. The van der Waals surface area contributed by atoms with Crippen LogP contribution in [0, 0.1) is 0 Å². The maximum absolute atomic E-state index is 12.2. The van der Waals surface area contributed by atoms with E-state index in [0.717, 1.165) is 0 Å². The lowest BCUT2D eigenvalue weighted by Crippen LogP contribution is -2.08. The number of halogens is 6. The summed E-state index contributed by atoms with van der Waals surface area (Å²) in [5.74, 6) is -0.344. The number of hydrogen-bond donors (Lipinski definition) is 0. The number of nitrogens with zero attached hydrogens (tertiary/aromatic N) is 1. The van der Waals surface area contributed by atoms with Gasteiger partial charge in [-0.15, -0.1) is 11.6 Å². The number of pyridine rings is 1. The Kier molecular flexibility index (Phi) is 3.49. The quantitative estimate of drug-likeness (QED) is 0.571. The molecule has 1 aromatic heterocycles. The van der Waals surface area contributed by atoms with E-state index in [0.29, 0.717) is 12.1 Å². The Morgan fingerprint density at radius 1 is 1.27 bits per heavy atom. The van der Waals surface area contributed by atoms with Gasteiger partial charge in [0, 0.05) is 0 Å². The standard InChI is InChI=1S/C8H5ClF5N/c9-3-5-1-4(8(12,13)14)2-6(15-5)7(10)11/h1-2,7H,3H2. The molecule has 0 aliphatic heterocycles. The summed E-state index contributed by atoms with van der Waals surface area (Å²) in [4.78, 5) is 3.28. The van der Waals surface area contributed by atoms with Crippen LogP contribution in [0.5, 0.6) is 0 Å². The summed E-state index contributed by atoms with van der Waals surface area (Å²) in [5.41, 5.74) is -2.30. The van der Waals surface area contributed by atoms with Crippen LogP contribution in [0.2, 0.25) is 0 Å². The normalized spacial score (nSPS) is 12.2. The lowest BCUT2D eigenvalue weighted by atomic mass is 10.2. The molecule has 0 bridgehead atoms. The highest BCUT2D eigenvalue weighted by Gasteiger charge is 2.32. The summed E-state index contributed by atoms with van der Waals surface area (Å²) in [7, 11) is 0. The van der Waals surface area contributed by atoms with Crippen LogP contribution in [0.25, 0.3) is 0 Å². The summed E-state index contributed by atoms with van der Waals surface area (Å²) in [6.45, 7) is 0. The van der Waals surface area contributed by atoms with E-state index in [1.807, 2.05) is 0 Å². The van der Waals surface area contributed by atoms with Gasteiger partial charge in [-0.2, -0.15) is 13.2 Å². The first kappa shape index (κ1) is 12.2. The molecule has 1 rings (SSSR count). The van der Waals surface area contributed by atoms with E-state index in [9.17, 15) is 22.0 Å². The van der Waals surface area contributed by atoms with Crippen LogP contribution >= 0.6 is 11.6 Å². The maximum atomic E-state index is 12.2. The van der Waals surface area contributed by atoms with Gasteiger partial charge in [0.05, 0.1) is 17.1 Å². The molecule has 0 saturated carbocycles. The molecule has 0 fully saturated rings. The lowest BCUT2D eigenvalue weighted by Gasteiger charge is -2.09. The van der Waals surface area contributed by atoms with Crippen LogP contribution in [-0.2, 0) is 12.1 Å². The number of hydrogen-bond acceptors (Lipinski definition) is 1. The van der Waals surface area contributed by atoms with Crippen molar-refractivity contribution in [3.8, 4) is 0 Å². The molecule has 0 atom stereocenters. The average Bonchev–Trinajstić information content (AvgIpc) is 2.15. The van der Waals surface area contributed by atoms with E-state index in [4.69, 9.17) is 11.6 Å². The van der Waals surface area contributed by atoms with Gasteiger partial charge in [-0.05, 0) is 12.1 Å². The summed E-state index contributed by atoms with van der Waals surface area (Å²) in [5, 5.41) is 0. The van der Waals surface area contributed by atoms with Crippen molar-refractivity contribution in [3.63, 3.8) is 0 Å². The van der Waals surface area contributed by atoms with Gasteiger partial charge in [-0.3, -0.25) is 4.98 Å². The van der Waals surface area contributed by atoms with Crippen LogP contribution in [0.3, 0.4) is 0 Å². The van der Waals surface area contributed by atoms with Crippen molar-refractivity contribution >= 4 is 11.6 Å². The largest absolute Gasteiger partial charge is 0.416 e. The predicted octanol–water partition coefficient (Wildman–Crippen LogP) is 3.78. The van der Waals surface area contributed by atoms with Crippen LogP contribution < -0.4 is 0 Å². The van der Waals surface area contributed by atoms with Crippen LogP contribution in [-0.4, -0.2) is 4.98 Å². The molecule has 0 aliphatic rings. The zero-order chi connectivity index (χ0) is 11.6. The molecular formula is C8H5ClF5N. The molecule has 84 valence electrons. The fourth-order valence-electron chi connectivity index (χ4n) is 0.955. The second-order valence-corrected chi connectivity index (χ2v) is 2.97. The van der Waals surface area contributed by atoms with Gasteiger partial charge < -0.3 is 0 Å². The highest BCUT2D eigenvalue weighted by molar-refractivity contribution is 6.16. The van der Waals surface area contributed by atoms with Crippen LogP contribution in [0.15, 0.2) is 12.1 Å². The SMILES string of the molecule is FC(F)c1cc(C(F)(F)F)cc(CCl)n1. The predicted molar refractivity (Wildman–Crippen MR) is 43.8 cm³/mol. The van der Waals surface area contributed by atoms with Crippen LogP contribution in [0.1, 0.15) is 23.4 Å². The van der Waals surface area contributed by atoms with E-state index >= 15 is 0 Å². The first-order valence-corrected chi connectivity index (χ1v) is 4.30. The summed E-state index contributed by atoms with van der Waals surface area (Å²) < 4.78 is 61.1.